The summed E-state index contributed by atoms with van der Waals surface area (Å²) in [5.74, 6) is -1.71. The van der Waals surface area contributed by atoms with Crippen LogP contribution >= 0.6 is 0 Å². The average Bonchev–Trinajstić information content (AvgIpc) is 3.02. The van der Waals surface area contributed by atoms with E-state index in [1.54, 1.807) is 26.0 Å². The van der Waals surface area contributed by atoms with Crippen molar-refractivity contribution in [3.8, 4) is 0 Å². The molecule has 2 aliphatic rings. The van der Waals surface area contributed by atoms with Crippen LogP contribution in [0.4, 0.5) is 0 Å². The largest absolute Gasteiger partial charge is 0.480 e. The minimum absolute atomic E-state index is 0.0398. The number of nitrogens with zero attached hydrogens (tertiary/aromatic N) is 1. The molecular formula is C14H16N2O6S. The van der Waals surface area contributed by atoms with Crippen LogP contribution in [0.25, 0.3) is 0 Å². The fourth-order valence-electron chi connectivity index (χ4n) is 3.09. The number of fused-ring (bicyclic) bond motifs is 1. The van der Waals surface area contributed by atoms with Gasteiger partial charge >= 0.3 is 5.97 Å². The maximum atomic E-state index is 12.5. The quantitative estimate of drug-likeness (QED) is 0.712. The second-order valence-corrected chi connectivity index (χ2v) is 8.21. The molecule has 0 aromatic carbocycles. The maximum Gasteiger partial charge on any atom is 0.328 e. The number of amides is 2. The van der Waals surface area contributed by atoms with Crippen LogP contribution < -0.4 is 5.32 Å². The average molecular weight is 340 g/mol. The Labute approximate surface area is 134 Å². The van der Waals surface area contributed by atoms with Crippen LogP contribution in [0.5, 0.6) is 0 Å². The first-order valence-electron chi connectivity index (χ1n) is 7.02. The Balaban J connectivity index is 1.75. The number of hydrogen-bond acceptors (Lipinski definition) is 5. The van der Waals surface area contributed by atoms with Crippen molar-refractivity contribution in [1.82, 2.24) is 10.2 Å². The van der Waals surface area contributed by atoms with Crippen molar-refractivity contribution in [1.29, 1.82) is 0 Å². The number of aliphatic carboxylic acids is 1. The number of nitrogens with one attached hydrogen (secondary N) is 1. The molecule has 0 unspecified atom stereocenters. The number of carboxylic acid groups (broad SMARTS) is 1. The van der Waals surface area contributed by atoms with Crippen LogP contribution in [0, 0.1) is 0 Å². The van der Waals surface area contributed by atoms with Crippen LogP contribution in [0.3, 0.4) is 0 Å². The number of carboxylic acids is 1. The minimum atomic E-state index is -1.59. The van der Waals surface area contributed by atoms with E-state index >= 15 is 0 Å². The maximum absolute atomic E-state index is 12.5. The molecule has 0 aliphatic carbocycles. The molecule has 2 fully saturated rings. The van der Waals surface area contributed by atoms with E-state index in [2.05, 4.69) is 5.32 Å². The number of furan rings is 1. The Morgan fingerprint density at radius 1 is 1.48 bits per heavy atom. The highest BCUT2D eigenvalue weighted by atomic mass is 32.2. The molecule has 0 spiro atoms. The monoisotopic (exact) mass is 340 g/mol. The van der Waals surface area contributed by atoms with E-state index in [1.165, 1.54) is 6.26 Å². The van der Waals surface area contributed by atoms with E-state index in [0.717, 1.165) is 4.90 Å². The summed E-state index contributed by atoms with van der Waals surface area (Å²) in [5.41, 5.74) is 0. The van der Waals surface area contributed by atoms with Crippen molar-refractivity contribution in [3.63, 3.8) is 0 Å². The summed E-state index contributed by atoms with van der Waals surface area (Å²) in [7, 11) is -1.59. The molecule has 0 bridgehead atoms. The zero-order valence-electron chi connectivity index (χ0n) is 12.5. The van der Waals surface area contributed by atoms with Crippen LogP contribution in [-0.2, 0) is 31.6 Å². The zero-order valence-corrected chi connectivity index (χ0v) is 13.3. The summed E-state index contributed by atoms with van der Waals surface area (Å²) in [5, 5.41) is 11.0. The van der Waals surface area contributed by atoms with Gasteiger partial charge in [-0.15, -0.1) is 0 Å². The predicted molar refractivity (Wildman–Crippen MR) is 78.6 cm³/mol. The van der Waals surface area contributed by atoms with Crippen molar-refractivity contribution in [3.05, 3.63) is 24.2 Å². The second-order valence-electron chi connectivity index (χ2n) is 6.08. The molecule has 0 saturated carbocycles. The molecule has 2 N–H and O–H groups in total. The zero-order chi connectivity index (χ0) is 16.9. The molecule has 1 aromatic rings. The standard InChI is InChI=1S/C14H16N2O6S/c1-14(2)10(13(19)20)16-11(18)9(12(16)23(14)21)15-8(17)6-7-4-3-5-22-7/h3-5,9-10,12H,6H2,1-2H3,(H,15,17)(H,19,20)/t9-,10+,12-,23-/m1/s1. The summed E-state index contributed by atoms with van der Waals surface area (Å²) < 4.78 is 16.5. The Hall–Kier alpha value is -2.16. The van der Waals surface area contributed by atoms with E-state index in [1.807, 2.05) is 0 Å². The van der Waals surface area contributed by atoms with Crippen molar-refractivity contribution < 1.29 is 28.1 Å². The third-order valence-corrected chi connectivity index (χ3v) is 6.42. The molecule has 124 valence electrons. The molecule has 2 amide bonds. The molecule has 2 aliphatic heterocycles. The van der Waals surface area contributed by atoms with Gasteiger partial charge in [0.2, 0.25) is 11.8 Å². The Morgan fingerprint density at radius 3 is 2.74 bits per heavy atom. The lowest BCUT2D eigenvalue weighted by atomic mass is 9.96. The van der Waals surface area contributed by atoms with Gasteiger partial charge < -0.3 is 19.7 Å². The highest BCUT2D eigenvalue weighted by molar-refractivity contribution is 7.87. The molecule has 3 rings (SSSR count). The van der Waals surface area contributed by atoms with E-state index < -0.39 is 50.8 Å². The Kier molecular flexibility index (Phi) is 3.55. The van der Waals surface area contributed by atoms with E-state index in [9.17, 15) is 23.7 Å². The van der Waals surface area contributed by atoms with Gasteiger partial charge in [-0.3, -0.25) is 13.8 Å². The molecular weight excluding hydrogens is 324 g/mol. The fraction of sp³-hybridized carbons (Fsp3) is 0.500. The minimum Gasteiger partial charge on any atom is -0.480 e. The van der Waals surface area contributed by atoms with Gasteiger partial charge in [0.1, 0.15) is 23.2 Å². The van der Waals surface area contributed by atoms with E-state index in [0.29, 0.717) is 5.76 Å². The number of hydrogen-bond donors (Lipinski definition) is 2. The van der Waals surface area contributed by atoms with Gasteiger partial charge in [-0.25, -0.2) is 4.79 Å². The Bertz CT molecular complexity index is 698. The molecule has 9 heteroatoms. The Morgan fingerprint density at radius 2 is 2.17 bits per heavy atom. The molecule has 1 aromatic heterocycles. The summed E-state index contributed by atoms with van der Waals surface area (Å²) in [4.78, 5) is 36.7. The van der Waals surface area contributed by atoms with Gasteiger partial charge in [0.15, 0.2) is 0 Å². The fourth-order valence-corrected chi connectivity index (χ4v) is 5.01. The number of rotatable bonds is 4. The van der Waals surface area contributed by atoms with Gasteiger partial charge in [0, 0.05) is 0 Å². The van der Waals surface area contributed by atoms with Crippen molar-refractivity contribution in [2.24, 2.45) is 0 Å². The highest BCUT2D eigenvalue weighted by Gasteiger charge is 2.68. The van der Waals surface area contributed by atoms with Gasteiger partial charge in [0.25, 0.3) is 0 Å². The molecule has 8 nitrogen and oxygen atoms in total. The van der Waals surface area contributed by atoms with Gasteiger partial charge in [-0.2, -0.15) is 0 Å². The third kappa shape index (κ3) is 2.26. The first-order chi connectivity index (χ1) is 10.7. The highest BCUT2D eigenvalue weighted by Crippen LogP contribution is 2.43. The van der Waals surface area contributed by atoms with Crippen molar-refractivity contribution >= 4 is 28.6 Å². The first kappa shape index (κ1) is 15.7. The van der Waals surface area contributed by atoms with Crippen molar-refractivity contribution in [2.45, 2.75) is 42.5 Å². The third-order valence-electron chi connectivity index (χ3n) is 4.22. The summed E-state index contributed by atoms with van der Waals surface area (Å²) >= 11 is 0. The van der Waals surface area contributed by atoms with Crippen LogP contribution in [-0.4, -0.2) is 54.2 Å². The number of carbonyl (C=O) groups excluding carboxylic acids is 2. The summed E-state index contributed by atoms with van der Waals surface area (Å²) in [6, 6.07) is 1.16. The predicted octanol–water partition coefficient (Wildman–Crippen LogP) is -0.531. The normalized spacial score (nSPS) is 31.4. The SMILES string of the molecule is CC1(C)[C@H](C(=O)O)N2C(=O)[C@@H](NC(=O)Cc3ccco3)[C@H]2[S@]1=O. The second kappa shape index (κ2) is 5.19. The molecule has 4 atom stereocenters. The molecule has 3 heterocycles. The van der Waals surface area contributed by atoms with E-state index in [-0.39, 0.29) is 6.42 Å². The smallest absolute Gasteiger partial charge is 0.328 e. The van der Waals surface area contributed by atoms with Crippen LogP contribution in [0.15, 0.2) is 22.8 Å². The summed E-state index contributed by atoms with van der Waals surface area (Å²) in [6.07, 6.45) is 1.40. The van der Waals surface area contributed by atoms with Crippen LogP contribution in [0.1, 0.15) is 19.6 Å². The summed E-state index contributed by atoms with van der Waals surface area (Å²) in [6.45, 7) is 3.10. The van der Waals surface area contributed by atoms with Gasteiger partial charge in [-0.05, 0) is 26.0 Å². The molecule has 2 saturated heterocycles. The van der Waals surface area contributed by atoms with E-state index in [4.69, 9.17) is 4.42 Å². The number of carbonyl (C=O) groups is 3. The molecule has 23 heavy (non-hydrogen) atoms. The lowest BCUT2D eigenvalue weighted by molar-refractivity contribution is -0.161. The number of β-lactam (4-membered cyclic amide) rings is 1. The van der Waals surface area contributed by atoms with Gasteiger partial charge in [-0.1, -0.05) is 0 Å². The topological polar surface area (TPSA) is 117 Å². The van der Waals surface area contributed by atoms with Gasteiger partial charge in [0.05, 0.1) is 28.2 Å². The first-order valence-corrected chi connectivity index (χ1v) is 8.24. The lowest BCUT2D eigenvalue weighted by Crippen LogP contribution is -2.71. The molecule has 0 radical (unpaired) electrons. The van der Waals surface area contributed by atoms with Crippen LogP contribution in [0.2, 0.25) is 0 Å². The lowest BCUT2D eigenvalue weighted by Gasteiger charge is -2.43. The van der Waals surface area contributed by atoms with Crippen molar-refractivity contribution in [2.75, 3.05) is 0 Å².